The first-order chi connectivity index (χ1) is 14.8. The van der Waals surface area contributed by atoms with E-state index >= 15 is 0 Å². The molecule has 3 aromatic rings. The second-order valence-corrected chi connectivity index (χ2v) is 9.02. The molecule has 1 amide bonds. The van der Waals surface area contributed by atoms with Gasteiger partial charge in [-0.1, -0.05) is 11.6 Å². The number of aryl methyl sites for hydroxylation is 2. The van der Waals surface area contributed by atoms with Crippen LogP contribution in [0, 0.1) is 6.92 Å². The van der Waals surface area contributed by atoms with Crippen molar-refractivity contribution < 1.29 is 14.3 Å². The minimum atomic E-state index is -0.190. The average Bonchev–Trinajstić information content (AvgIpc) is 3.43. The number of halogens is 1. The van der Waals surface area contributed by atoms with Crippen LogP contribution in [-0.2, 0) is 18.3 Å². The number of nitrogens with zero attached hydrogens (tertiary/aromatic N) is 2. The molecule has 0 saturated carbocycles. The number of fused-ring (bicyclic) bond motifs is 1. The molecule has 1 aliphatic heterocycles. The standard InChI is InChI=1S/C23H22ClN3O3S/c1-13-15(12-27(3)26-13)4-7-22(29)25-11-18-9-17-8-16(10-19(24)23(17)30-18)21-6-5-20(31-21)14(2)28/h4-8,10,12,18H,9,11H2,1-3H3,(H,25,29)/b7-4+. The molecule has 0 aliphatic carbocycles. The molecule has 1 aromatic carbocycles. The van der Waals surface area contributed by atoms with Gasteiger partial charge in [0.15, 0.2) is 5.78 Å². The highest BCUT2D eigenvalue weighted by molar-refractivity contribution is 7.17. The van der Waals surface area contributed by atoms with Crippen LogP contribution in [0.2, 0.25) is 5.02 Å². The number of nitrogens with one attached hydrogen (secondary N) is 1. The number of ether oxygens (including phenoxy) is 1. The third-order valence-corrected chi connectivity index (χ3v) is 6.58. The van der Waals surface area contributed by atoms with Crippen molar-refractivity contribution in [1.29, 1.82) is 0 Å². The predicted octanol–water partition coefficient (Wildman–Crippen LogP) is 4.45. The van der Waals surface area contributed by atoms with Gasteiger partial charge in [0.2, 0.25) is 5.91 Å². The average molecular weight is 456 g/mol. The van der Waals surface area contributed by atoms with Crippen LogP contribution in [0.4, 0.5) is 0 Å². The van der Waals surface area contributed by atoms with Crippen LogP contribution >= 0.6 is 22.9 Å². The molecule has 0 saturated heterocycles. The van der Waals surface area contributed by atoms with E-state index < -0.39 is 0 Å². The number of carbonyl (C=O) groups excluding carboxylic acids is 2. The summed E-state index contributed by atoms with van der Waals surface area (Å²) in [5.41, 5.74) is 3.74. The number of amides is 1. The molecular formula is C23H22ClN3O3S. The molecule has 0 spiro atoms. The highest BCUT2D eigenvalue weighted by atomic mass is 35.5. The first-order valence-corrected chi connectivity index (χ1v) is 11.1. The number of hydrogen-bond donors (Lipinski definition) is 1. The molecule has 8 heteroatoms. The zero-order valence-corrected chi connectivity index (χ0v) is 19.0. The molecule has 1 atom stereocenters. The van der Waals surface area contributed by atoms with Crippen LogP contribution in [0.1, 0.15) is 33.4 Å². The SMILES string of the molecule is CC(=O)c1ccc(-c2cc(Cl)c3c(c2)CC(CNC(=O)/C=C/c2cn(C)nc2C)O3)s1. The molecule has 6 nitrogen and oxygen atoms in total. The van der Waals surface area contributed by atoms with E-state index in [4.69, 9.17) is 16.3 Å². The van der Waals surface area contributed by atoms with Gasteiger partial charge in [-0.05, 0) is 49.8 Å². The normalized spacial score (nSPS) is 15.2. The van der Waals surface area contributed by atoms with Gasteiger partial charge in [-0.3, -0.25) is 14.3 Å². The van der Waals surface area contributed by atoms with Gasteiger partial charge >= 0.3 is 0 Å². The van der Waals surface area contributed by atoms with E-state index in [9.17, 15) is 9.59 Å². The zero-order chi connectivity index (χ0) is 22.1. The number of carbonyl (C=O) groups is 2. The van der Waals surface area contributed by atoms with Gasteiger partial charge in [0.25, 0.3) is 0 Å². The first-order valence-electron chi connectivity index (χ1n) is 9.86. The Bertz CT molecular complexity index is 1190. The Labute approximate surface area is 189 Å². The maximum atomic E-state index is 12.2. The summed E-state index contributed by atoms with van der Waals surface area (Å²) < 4.78 is 7.69. The van der Waals surface area contributed by atoms with Crippen molar-refractivity contribution in [3.8, 4) is 16.2 Å². The highest BCUT2D eigenvalue weighted by Gasteiger charge is 2.26. The summed E-state index contributed by atoms with van der Waals surface area (Å²) in [5, 5.41) is 7.67. The smallest absolute Gasteiger partial charge is 0.244 e. The molecule has 4 rings (SSSR count). The minimum Gasteiger partial charge on any atom is -0.486 e. The van der Waals surface area contributed by atoms with E-state index in [1.54, 1.807) is 17.7 Å². The number of Topliss-reactive ketones (excluding diaryl/α,β-unsaturated/α-hetero) is 1. The number of ketones is 1. The molecule has 1 unspecified atom stereocenters. The molecular weight excluding hydrogens is 434 g/mol. The zero-order valence-electron chi connectivity index (χ0n) is 17.4. The first kappa shape index (κ1) is 21.3. The fourth-order valence-corrected chi connectivity index (χ4v) is 4.72. The monoisotopic (exact) mass is 455 g/mol. The molecule has 31 heavy (non-hydrogen) atoms. The van der Waals surface area contributed by atoms with E-state index in [0.717, 1.165) is 32.1 Å². The molecule has 3 heterocycles. The molecule has 1 aliphatic rings. The van der Waals surface area contributed by atoms with Crippen LogP contribution in [0.15, 0.2) is 36.5 Å². The minimum absolute atomic E-state index is 0.0513. The highest BCUT2D eigenvalue weighted by Crippen LogP contribution is 2.41. The van der Waals surface area contributed by atoms with Gasteiger partial charge in [-0.25, -0.2) is 0 Å². The number of aromatic nitrogens is 2. The topological polar surface area (TPSA) is 73.2 Å². The van der Waals surface area contributed by atoms with Crippen LogP contribution in [0.3, 0.4) is 0 Å². The lowest BCUT2D eigenvalue weighted by atomic mass is 10.1. The summed E-state index contributed by atoms with van der Waals surface area (Å²) in [7, 11) is 1.84. The molecule has 160 valence electrons. The van der Waals surface area contributed by atoms with Crippen molar-refractivity contribution in [2.45, 2.75) is 26.4 Å². The summed E-state index contributed by atoms with van der Waals surface area (Å²) in [6.07, 6.45) is 5.58. The Hall–Kier alpha value is -2.90. The Morgan fingerprint density at radius 2 is 2.19 bits per heavy atom. The number of hydrogen-bond acceptors (Lipinski definition) is 5. The summed E-state index contributed by atoms with van der Waals surface area (Å²) >= 11 is 7.91. The van der Waals surface area contributed by atoms with E-state index in [-0.39, 0.29) is 17.8 Å². The van der Waals surface area contributed by atoms with Crippen molar-refractivity contribution in [3.05, 3.63) is 63.3 Å². The van der Waals surface area contributed by atoms with Gasteiger partial charge in [0.05, 0.1) is 22.1 Å². The maximum absolute atomic E-state index is 12.2. The van der Waals surface area contributed by atoms with Gasteiger partial charge in [0.1, 0.15) is 11.9 Å². The molecule has 1 N–H and O–H groups in total. The lowest BCUT2D eigenvalue weighted by Gasteiger charge is -2.11. The lowest BCUT2D eigenvalue weighted by Crippen LogP contribution is -2.33. The predicted molar refractivity (Wildman–Crippen MR) is 123 cm³/mol. The van der Waals surface area contributed by atoms with Gasteiger partial charge in [-0.15, -0.1) is 11.3 Å². The van der Waals surface area contributed by atoms with E-state index in [0.29, 0.717) is 23.7 Å². The third kappa shape index (κ3) is 4.73. The summed E-state index contributed by atoms with van der Waals surface area (Å²) in [4.78, 5) is 25.5. The van der Waals surface area contributed by atoms with Crippen LogP contribution in [0.5, 0.6) is 5.75 Å². The van der Waals surface area contributed by atoms with Crippen LogP contribution < -0.4 is 10.1 Å². The maximum Gasteiger partial charge on any atom is 0.244 e. The summed E-state index contributed by atoms with van der Waals surface area (Å²) in [6, 6.07) is 7.67. The van der Waals surface area contributed by atoms with Crippen LogP contribution in [0.25, 0.3) is 16.5 Å². The van der Waals surface area contributed by atoms with Gasteiger partial charge in [-0.2, -0.15) is 5.10 Å². The van der Waals surface area contributed by atoms with E-state index in [1.807, 2.05) is 44.4 Å². The quantitative estimate of drug-likeness (QED) is 0.440. The van der Waals surface area contributed by atoms with E-state index in [1.165, 1.54) is 17.4 Å². The fourth-order valence-electron chi connectivity index (χ4n) is 3.55. The molecule has 0 radical (unpaired) electrons. The number of rotatable bonds is 6. The molecule has 2 aromatic heterocycles. The molecule has 0 fully saturated rings. The van der Waals surface area contributed by atoms with E-state index in [2.05, 4.69) is 10.4 Å². The van der Waals surface area contributed by atoms with Crippen molar-refractivity contribution in [2.24, 2.45) is 7.05 Å². The lowest BCUT2D eigenvalue weighted by molar-refractivity contribution is -0.116. The third-order valence-electron chi connectivity index (χ3n) is 5.06. The number of benzene rings is 1. The van der Waals surface area contributed by atoms with Crippen molar-refractivity contribution in [2.75, 3.05) is 6.54 Å². The number of thiophene rings is 1. The Morgan fingerprint density at radius 3 is 2.87 bits per heavy atom. The Balaban J connectivity index is 1.39. The van der Waals surface area contributed by atoms with Crippen molar-refractivity contribution >= 4 is 40.7 Å². The second-order valence-electron chi connectivity index (χ2n) is 7.53. The van der Waals surface area contributed by atoms with Crippen molar-refractivity contribution in [1.82, 2.24) is 15.1 Å². The summed E-state index contributed by atoms with van der Waals surface area (Å²) in [5.74, 6) is 0.523. The van der Waals surface area contributed by atoms with Gasteiger partial charge in [0, 0.05) is 41.7 Å². The van der Waals surface area contributed by atoms with Crippen LogP contribution in [-0.4, -0.2) is 34.1 Å². The fraction of sp³-hybridized carbons (Fsp3) is 0.261. The Morgan fingerprint density at radius 1 is 1.39 bits per heavy atom. The summed E-state index contributed by atoms with van der Waals surface area (Å²) in [6.45, 7) is 3.84. The van der Waals surface area contributed by atoms with Gasteiger partial charge < -0.3 is 10.1 Å². The largest absolute Gasteiger partial charge is 0.486 e. The molecule has 0 bridgehead atoms. The van der Waals surface area contributed by atoms with Crippen molar-refractivity contribution in [3.63, 3.8) is 0 Å². The second kappa shape index (κ2) is 8.69. The Kier molecular flexibility index (Phi) is 5.98.